The van der Waals surface area contributed by atoms with Crippen LogP contribution in [0.5, 0.6) is 0 Å². The summed E-state index contributed by atoms with van der Waals surface area (Å²) in [4.78, 5) is 24.4. The zero-order valence-corrected chi connectivity index (χ0v) is 13.3. The van der Waals surface area contributed by atoms with E-state index < -0.39 is 5.92 Å². The second-order valence-corrected chi connectivity index (χ2v) is 6.16. The van der Waals surface area contributed by atoms with Crippen LogP contribution in [0.25, 0.3) is 0 Å². The molecule has 2 N–H and O–H groups in total. The molecule has 0 aliphatic carbocycles. The van der Waals surface area contributed by atoms with Gasteiger partial charge in [-0.3, -0.25) is 9.59 Å². The molecule has 4 heteroatoms. The summed E-state index contributed by atoms with van der Waals surface area (Å²) in [5.74, 6) is -0.276. The Hall–Kier alpha value is -2.62. The minimum atomic E-state index is -0.454. The van der Waals surface area contributed by atoms with E-state index >= 15 is 0 Å². The third kappa shape index (κ3) is 3.26. The highest BCUT2D eigenvalue weighted by Gasteiger charge is 2.30. The summed E-state index contributed by atoms with van der Waals surface area (Å²) in [6.45, 7) is 4.26. The summed E-state index contributed by atoms with van der Waals surface area (Å²) >= 11 is 0. The van der Waals surface area contributed by atoms with E-state index in [0.717, 1.165) is 16.9 Å². The van der Waals surface area contributed by atoms with Crippen molar-refractivity contribution in [1.29, 1.82) is 0 Å². The van der Waals surface area contributed by atoms with Crippen molar-refractivity contribution in [1.82, 2.24) is 0 Å². The summed E-state index contributed by atoms with van der Waals surface area (Å²) in [7, 11) is 0. The molecule has 0 aromatic heterocycles. The van der Waals surface area contributed by atoms with Crippen molar-refractivity contribution in [2.75, 3.05) is 10.6 Å². The van der Waals surface area contributed by atoms with Crippen LogP contribution in [0.4, 0.5) is 11.4 Å². The molecule has 0 saturated heterocycles. The summed E-state index contributed by atoms with van der Waals surface area (Å²) in [5, 5.41) is 5.73. The molecule has 4 nitrogen and oxygen atoms in total. The predicted octanol–water partition coefficient (Wildman–Crippen LogP) is 3.87. The van der Waals surface area contributed by atoms with E-state index in [1.807, 2.05) is 48.5 Å². The molecule has 2 aromatic rings. The summed E-state index contributed by atoms with van der Waals surface area (Å²) in [6.07, 6.45) is 0.174. The van der Waals surface area contributed by atoms with Gasteiger partial charge in [-0.2, -0.15) is 0 Å². The highest BCUT2D eigenvalue weighted by molar-refractivity contribution is 6.05. The Morgan fingerprint density at radius 2 is 1.83 bits per heavy atom. The number of fused-ring (bicyclic) bond motifs is 1. The molecule has 3 rings (SSSR count). The molecule has 0 spiro atoms. The molecule has 0 fully saturated rings. The molecule has 23 heavy (non-hydrogen) atoms. The van der Waals surface area contributed by atoms with Crippen LogP contribution >= 0.6 is 0 Å². The number of anilines is 2. The Balaban J connectivity index is 1.79. The molecule has 2 aromatic carbocycles. The van der Waals surface area contributed by atoms with Gasteiger partial charge in [0, 0.05) is 17.8 Å². The maximum atomic E-state index is 12.6. The Morgan fingerprint density at radius 1 is 1.13 bits per heavy atom. The van der Waals surface area contributed by atoms with Gasteiger partial charge in [-0.05, 0) is 35.2 Å². The fourth-order valence-corrected chi connectivity index (χ4v) is 2.83. The molecule has 0 unspecified atom stereocenters. The second kappa shape index (κ2) is 6.24. The van der Waals surface area contributed by atoms with E-state index in [-0.39, 0.29) is 18.2 Å². The first-order chi connectivity index (χ1) is 11.0. The topological polar surface area (TPSA) is 58.2 Å². The fraction of sp³-hybridized carbons (Fsp3) is 0.263. The average molecular weight is 308 g/mol. The van der Waals surface area contributed by atoms with Gasteiger partial charge in [-0.15, -0.1) is 0 Å². The van der Waals surface area contributed by atoms with E-state index in [1.165, 1.54) is 5.56 Å². The predicted molar refractivity (Wildman–Crippen MR) is 91.6 cm³/mol. The fourth-order valence-electron chi connectivity index (χ4n) is 2.83. The van der Waals surface area contributed by atoms with Crippen LogP contribution in [-0.2, 0) is 9.59 Å². The largest absolute Gasteiger partial charge is 0.326 e. The zero-order valence-electron chi connectivity index (χ0n) is 13.3. The van der Waals surface area contributed by atoms with E-state index in [1.54, 1.807) is 0 Å². The van der Waals surface area contributed by atoms with Crippen LogP contribution in [-0.4, -0.2) is 11.8 Å². The van der Waals surface area contributed by atoms with Crippen LogP contribution < -0.4 is 10.6 Å². The van der Waals surface area contributed by atoms with Gasteiger partial charge in [-0.25, -0.2) is 0 Å². The lowest BCUT2D eigenvalue weighted by atomic mass is 9.89. The molecule has 1 atom stereocenters. The Labute approximate surface area is 135 Å². The third-order valence-corrected chi connectivity index (χ3v) is 4.16. The monoisotopic (exact) mass is 308 g/mol. The molecular weight excluding hydrogens is 288 g/mol. The van der Waals surface area contributed by atoms with Gasteiger partial charge >= 0.3 is 0 Å². The van der Waals surface area contributed by atoms with Crippen LogP contribution in [0.15, 0.2) is 48.5 Å². The molecule has 1 aliphatic heterocycles. The first-order valence-corrected chi connectivity index (χ1v) is 7.84. The Kier molecular flexibility index (Phi) is 4.15. The number of carbonyl (C=O) groups excluding carboxylic acids is 2. The van der Waals surface area contributed by atoms with Crippen molar-refractivity contribution < 1.29 is 9.59 Å². The maximum Gasteiger partial charge on any atom is 0.232 e. The molecule has 0 bridgehead atoms. The number of hydrogen-bond donors (Lipinski definition) is 2. The van der Waals surface area contributed by atoms with E-state index in [2.05, 4.69) is 24.5 Å². The first-order valence-electron chi connectivity index (χ1n) is 7.84. The molecule has 118 valence electrons. The van der Waals surface area contributed by atoms with Gasteiger partial charge in [0.25, 0.3) is 0 Å². The standard InChI is InChI=1S/C19H20N2O2/c1-12(2)13-7-9-14(10-8-13)20-19(23)16-11-18(22)21-17-6-4-3-5-15(16)17/h3-10,12,16H,11H2,1-2H3,(H,20,23)(H,21,22)/t16-/m0/s1. The van der Waals surface area contributed by atoms with Gasteiger partial charge in [0.15, 0.2) is 0 Å². The summed E-state index contributed by atoms with van der Waals surface area (Å²) in [5.41, 5.74) is 3.57. The van der Waals surface area contributed by atoms with E-state index in [0.29, 0.717) is 5.92 Å². The van der Waals surface area contributed by atoms with Gasteiger partial charge in [0.1, 0.15) is 0 Å². The number of amides is 2. The van der Waals surface area contributed by atoms with Crippen molar-refractivity contribution in [2.24, 2.45) is 0 Å². The second-order valence-electron chi connectivity index (χ2n) is 6.16. The van der Waals surface area contributed by atoms with Crippen LogP contribution in [0.3, 0.4) is 0 Å². The maximum absolute atomic E-state index is 12.6. The lowest BCUT2D eigenvalue weighted by Crippen LogP contribution is -2.30. The highest BCUT2D eigenvalue weighted by Crippen LogP contribution is 2.32. The Bertz CT molecular complexity index is 735. The molecule has 1 heterocycles. The first kappa shape index (κ1) is 15.3. The lowest BCUT2D eigenvalue weighted by molar-refractivity contribution is -0.123. The molecule has 0 saturated carbocycles. The third-order valence-electron chi connectivity index (χ3n) is 4.16. The minimum absolute atomic E-state index is 0.126. The number of carbonyl (C=O) groups is 2. The summed E-state index contributed by atoms with van der Waals surface area (Å²) < 4.78 is 0. The molecule has 0 radical (unpaired) electrons. The van der Waals surface area contributed by atoms with Crippen molar-refractivity contribution >= 4 is 23.2 Å². The van der Waals surface area contributed by atoms with Crippen molar-refractivity contribution in [2.45, 2.75) is 32.1 Å². The quantitative estimate of drug-likeness (QED) is 0.904. The molecule has 1 aliphatic rings. The number of rotatable bonds is 3. The Morgan fingerprint density at radius 3 is 2.52 bits per heavy atom. The number of nitrogens with one attached hydrogen (secondary N) is 2. The van der Waals surface area contributed by atoms with Crippen molar-refractivity contribution in [3.05, 3.63) is 59.7 Å². The summed E-state index contributed by atoms with van der Waals surface area (Å²) in [6, 6.07) is 15.3. The lowest BCUT2D eigenvalue weighted by Gasteiger charge is -2.24. The zero-order chi connectivity index (χ0) is 16.4. The minimum Gasteiger partial charge on any atom is -0.326 e. The van der Waals surface area contributed by atoms with Crippen LogP contribution in [0.1, 0.15) is 43.2 Å². The SMILES string of the molecule is CC(C)c1ccc(NC(=O)[C@H]2CC(=O)Nc3ccccc32)cc1. The molecule has 2 amide bonds. The molecular formula is C19H20N2O2. The van der Waals surface area contributed by atoms with Gasteiger partial charge in [-0.1, -0.05) is 44.2 Å². The van der Waals surface area contributed by atoms with Crippen molar-refractivity contribution in [3.63, 3.8) is 0 Å². The van der Waals surface area contributed by atoms with E-state index in [9.17, 15) is 9.59 Å². The van der Waals surface area contributed by atoms with Crippen molar-refractivity contribution in [3.8, 4) is 0 Å². The van der Waals surface area contributed by atoms with Gasteiger partial charge < -0.3 is 10.6 Å². The van der Waals surface area contributed by atoms with Crippen LogP contribution in [0.2, 0.25) is 0 Å². The highest BCUT2D eigenvalue weighted by atomic mass is 16.2. The average Bonchev–Trinajstić information content (AvgIpc) is 2.54. The van der Waals surface area contributed by atoms with E-state index in [4.69, 9.17) is 0 Å². The number of para-hydroxylation sites is 1. The van der Waals surface area contributed by atoms with Crippen LogP contribution in [0, 0.1) is 0 Å². The normalized spacial score (nSPS) is 16.7. The van der Waals surface area contributed by atoms with Gasteiger partial charge in [0.05, 0.1) is 5.92 Å². The smallest absolute Gasteiger partial charge is 0.232 e. The number of hydrogen-bond acceptors (Lipinski definition) is 2. The van der Waals surface area contributed by atoms with Gasteiger partial charge in [0.2, 0.25) is 11.8 Å². The number of benzene rings is 2.